The van der Waals surface area contributed by atoms with Crippen LogP contribution in [-0.2, 0) is 0 Å². The van der Waals surface area contributed by atoms with Crippen LogP contribution in [0.1, 0.15) is 37.9 Å². The molecule has 2 nitrogen and oxygen atoms in total. The molecule has 102 valence electrons. The molecule has 1 N–H and O–H groups in total. The van der Waals surface area contributed by atoms with Crippen molar-refractivity contribution in [2.24, 2.45) is 0 Å². The van der Waals surface area contributed by atoms with Crippen molar-refractivity contribution in [3.63, 3.8) is 0 Å². The summed E-state index contributed by atoms with van der Waals surface area (Å²) in [7, 11) is 0. The van der Waals surface area contributed by atoms with E-state index in [2.05, 4.69) is 55.9 Å². The van der Waals surface area contributed by atoms with E-state index >= 15 is 0 Å². The second-order valence-electron chi connectivity index (χ2n) is 4.82. The van der Waals surface area contributed by atoms with E-state index < -0.39 is 0 Å². The van der Waals surface area contributed by atoms with Gasteiger partial charge in [-0.25, -0.2) is 0 Å². The van der Waals surface area contributed by atoms with Gasteiger partial charge in [0.05, 0.1) is 5.69 Å². The van der Waals surface area contributed by atoms with Crippen molar-refractivity contribution in [3.8, 4) is 0 Å². The Kier molecular flexibility index (Phi) is 6.65. The van der Waals surface area contributed by atoms with Gasteiger partial charge in [-0.3, -0.25) is 4.98 Å². The lowest BCUT2D eigenvalue weighted by atomic mass is 10.0. The van der Waals surface area contributed by atoms with Gasteiger partial charge in [0.2, 0.25) is 0 Å². The van der Waals surface area contributed by atoms with E-state index in [0.717, 1.165) is 25.1 Å². The van der Waals surface area contributed by atoms with Crippen molar-refractivity contribution >= 4 is 5.57 Å². The van der Waals surface area contributed by atoms with Gasteiger partial charge in [0, 0.05) is 12.7 Å². The topological polar surface area (TPSA) is 24.9 Å². The summed E-state index contributed by atoms with van der Waals surface area (Å²) in [5, 5.41) is 3.15. The molecule has 1 aromatic rings. The molecule has 0 unspecified atom stereocenters. The molecule has 0 aliphatic rings. The van der Waals surface area contributed by atoms with Crippen molar-refractivity contribution in [2.75, 3.05) is 6.54 Å². The smallest absolute Gasteiger partial charge is 0.0688 e. The Morgan fingerprint density at radius 1 is 1.37 bits per heavy atom. The monoisotopic (exact) mass is 256 g/mol. The normalized spacial score (nSPS) is 11.0. The van der Waals surface area contributed by atoms with Crippen LogP contribution < -0.4 is 5.32 Å². The maximum atomic E-state index is 4.51. The number of aryl methyl sites for hydroxylation is 1. The highest BCUT2D eigenvalue weighted by molar-refractivity contribution is 5.65. The van der Waals surface area contributed by atoms with Crippen LogP contribution in [0.15, 0.2) is 48.8 Å². The Hall–Kier alpha value is -1.83. The van der Waals surface area contributed by atoms with Crippen molar-refractivity contribution in [1.29, 1.82) is 0 Å². The van der Waals surface area contributed by atoms with Crippen molar-refractivity contribution in [1.82, 2.24) is 10.3 Å². The standard InChI is InChI=1S/C17H24N2/c1-5-18-13-11-16(10-6-8-14(2)3)17-15(4)9-7-12-19-17/h5,7-10,12,18H,1,6,11,13H2,2-4H3/b16-10+. The number of rotatable bonds is 7. The first-order chi connectivity index (χ1) is 9.15. The van der Waals surface area contributed by atoms with Crippen LogP contribution in [0.2, 0.25) is 0 Å². The summed E-state index contributed by atoms with van der Waals surface area (Å²) in [5.74, 6) is 0. The lowest BCUT2D eigenvalue weighted by Crippen LogP contribution is -2.07. The van der Waals surface area contributed by atoms with Gasteiger partial charge in [-0.05, 0) is 57.0 Å². The van der Waals surface area contributed by atoms with E-state index in [1.807, 2.05) is 12.3 Å². The lowest BCUT2D eigenvalue weighted by molar-refractivity contribution is 0.858. The van der Waals surface area contributed by atoms with Gasteiger partial charge in [-0.15, -0.1) is 0 Å². The molecule has 19 heavy (non-hydrogen) atoms. The van der Waals surface area contributed by atoms with E-state index in [4.69, 9.17) is 0 Å². The Morgan fingerprint density at radius 2 is 2.16 bits per heavy atom. The largest absolute Gasteiger partial charge is 0.391 e. The Balaban J connectivity index is 2.88. The SMILES string of the molecule is C=CNCC/C(=C\CC=C(C)C)c1ncccc1C. The molecule has 0 saturated carbocycles. The molecule has 0 saturated heterocycles. The van der Waals surface area contributed by atoms with Crippen LogP contribution >= 0.6 is 0 Å². The fourth-order valence-corrected chi connectivity index (χ4v) is 1.88. The maximum absolute atomic E-state index is 4.51. The lowest BCUT2D eigenvalue weighted by Gasteiger charge is -2.10. The van der Waals surface area contributed by atoms with Crippen molar-refractivity contribution in [3.05, 3.63) is 60.1 Å². The summed E-state index contributed by atoms with van der Waals surface area (Å²) < 4.78 is 0. The third kappa shape index (κ3) is 5.56. The zero-order valence-electron chi connectivity index (χ0n) is 12.2. The fraction of sp³-hybridized carbons (Fsp3) is 0.353. The predicted octanol–water partition coefficient (Wildman–Crippen LogP) is 4.25. The van der Waals surface area contributed by atoms with Crippen LogP contribution in [-0.4, -0.2) is 11.5 Å². The molecular formula is C17H24N2. The summed E-state index contributed by atoms with van der Waals surface area (Å²) in [6.45, 7) is 10.9. The molecule has 0 fully saturated rings. The van der Waals surface area contributed by atoms with E-state index in [-0.39, 0.29) is 0 Å². The number of nitrogens with zero attached hydrogens (tertiary/aromatic N) is 1. The molecule has 0 amide bonds. The van der Waals surface area contributed by atoms with Crippen LogP contribution in [0.4, 0.5) is 0 Å². The molecule has 2 heteroatoms. The number of hydrogen-bond donors (Lipinski definition) is 1. The number of hydrogen-bond acceptors (Lipinski definition) is 2. The Labute approximate surface area is 117 Å². The summed E-state index contributed by atoms with van der Waals surface area (Å²) in [6.07, 6.45) is 10.0. The van der Waals surface area contributed by atoms with Gasteiger partial charge in [0.15, 0.2) is 0 Å². The zero-order chi connectivity index (χ0) is 14.1. The minimum atomic E-state index is 0.889. The number of pyridine rings is 1. The molecule has 0 bridgehead atoms. The summed E-state index contributed by atoms with van der Waals surface area (Å²) in [4.78, 5) is 4.51. The summed E-state index contributed by atoms with van der Waals surface area (Å²) >= 11 is 0. The van der Waals surface area contributed by atoms with Gasteiger partial charge in [-0.1, -0.05) is 30.4 Å². The minimum absolute atomic E-state index is 0.889. The molecule has 1 aromatic heterocycles. The van der Waals surface area contributed by atoms with E-state index in [1.165, 1.54) is 16.7 Å². The molecule has 0 spiro atoms. The molecule has 1 rings (SSSR count). The highest BCUT2D eigenvalue weighted by atomic mass is 14.8. The highest BCUT2D eigenvalue weighted by Gasteiger charge is 2.05. The number of aromatic nitrogens is 1. The predicted molar refractivity (Wildman–Crippen MR) is 83.8 cm³/mol. The first-order valence-corrected chi connectivity index (χ1v) is 6.74. The van der Waals surface area contributed by atoms with Crippen molar-refractivity contribution < 1.29 is 0 Å². The molecule has 1 heterocycles. The minimum Gasteiger partial charge on any atom is -0.391 e. The van der Waals surface area contributed by atoms with Gasteiger partial charge >= 0.3 is 0 Å². The first kappa shape index (κ1) is 15.2. The summed E-state index contributed by atoms with van der Waals surface area (Å²) in [6, 6.07) is 4.09. The van der Waals surface area contributed by atoms with Crippen LogP contribution in [0, 0.1) is 6.92 Å². The first-order valence-electron chi connectivity index (χ1n) is 6.74. The average molecular weight is 256 g/mol. The second-order valence-corrected chi connectivity index (χ2v) is 4.82. The Bertz CT molecular complexity index is 466. The third-order valence-electron chi connectivity index (χ3n) is 2.89. The fourth-order valence-electron chi connectivity index (χ4n) is 1.88. The molecule has 0 aromatic carbocycles. The third-order valence-corrected chi connectivity index (χ3v) is 2.89. The van der Waals surface area contributed by atoms with E-state index in [9.17, 15) is 0 Å². The van der Waals surface area contributed by atoms with Gasteiger partial charge in [0.1, 0.15) is 0 Å². The Morgan fingerprint density at radius 3 is 2.79 bits per heavy atom. The molecular weight excluding hydrogens is 232 g/mol. The molecule has 0 radical (unpaired) electrons. The maximum Gasteiger partial charge on any atom is 0.0688 e. The molecule has 0 atom stereocenters. The average Bonchev–Trinajstić information content (AvgIpc) is 2.37. The van der Waals surface area contributed by atoms with Gasteiger partial charge in [-0.2, -0.15) is 0 Å². The number of nitrogens with one attached hydrogen (secondary N) is 1. The van der Waals surface area contributed by atoms with Gasteiger partial charge < -0.3 is 5.32 Å². The van der Waals surface area contributed by atoms with Crippen LogP contribution in [0.25, 0.3) is 5.57 Å². The molecule has 0 aliphatic carbocycles. The quantitative estimate of drug-likeness (QED) is 0.582. The number of allylic oxidation sites excluding steroid dienone is 3. The summed E-state index contributed by atoms with van der Waals surface area (Å²) in [5.41, 5.74) is 4.97. The zero-order valence-corrected chi connectivity index (χ0v) is 12.2. The van der Waals surface area contributed by atoms with Crippen LogP contribution in [0.3, 0.4) is 0 Å². The van der Waals surface area contributed by atoms with Crippen molar-refractivity contribution in [2.45, 2.75) is 33.6 Å². The van der Waals surface area contributed by atoms with Gasteiger partial charge in [0.25, 0.3) is 0 Å². The molecule has 0 aliphatic heterocycles. The highest BCUT2D eigenvalue weighted by Crippen LogP contribution is 2.20. The van der Waals surface area contributed by atoms with E-state index in [1.54, 1.807) is 6.20 Å². The van der Waals surface area contributed by atoms with E-state index in [0.29, 0.717) is 0 Å². The van der Waals surface area contributed by atoms with Crippen LogP contribution in [0.5, 0.6) is 0 Å². The second kappa shape index (κ2) is 8.30.